The van der Waals surface area contributed by atoms with E-state index in [2.05, 4.69) is 10.2 Å². The van der Waals surface area contributed by atoms with Gasteiger partial charge in [0, 0.05) is 38.8 Å². The molecule has 1 saturated carbocycles. The van der Waals surface area contributed by atoms with Crippen molar-refractivity contribution in [2.75, 3.05) is 32.7 Å². The van der Waals surface area contributed by atoms with Gasteiger partial charge in [0.1, 0.15) is 0 Å². The maximum Gasteiger partial charge on any atom is 0.239 e. The lowest BCUT2D eigenvalue weighted by atomic mass is 9.91. The van der Waals surface area contributed by atoms with E-state index < -0.39 is 0 Å². The van der Waals surface area contributed by atoms with E-state index in [9.17, 15) is 9.90 Å². The minimum absolute atomic E-state index is 0.162. The summed E-state index contributed by atoms with van der Waals surface area (Å²) in [5, 5.41) is 12.6. The van der Waals surface area contributed by atoms with E-state index >= 15 is 0 Å². The summed E-state index contributed by atoms with van der Waals surface area (Å²) in [6, 6.07) is 0.617. The zero-order chi connectivity index (χ0) is 13.2. The number of rotatable bonds is 2. The molecule has 0 aromatic rings. The van der Waals surface area contributed by atoms with Crippen molar-refractivity contribution in [3.05, 3.63) is 0 Å². The van der Waals surface area contributed by atoms with E-state index in [-0.39, 0.29) is 18.1 Å². The van der Waals surface area contributed by atoms with E-state index in [1.54, 1.807) is 0 Å². The second-order valence-corrected chi connectivity index (χ2v) is 6.15. The van der Waals surface area contributed by atoms with Gasteiger partial charge in [-0.05, 0) is 25.7 Å². The number of nitrogens with one attached hydrogen (secondary N) is 1. The fraction of sp³-hybridized carbons (Fsp3) is 0.929. The van der Waals surface area contributed by atoms with Gasteiger partial charge in [-0.25, -0.2) is 0 Å². The average Bonchev–Trinajstić information content (AvgIpc) is 2.62. The number of hydrogen-bond acceptors (Lipinski definition) is 4. The van der Waals surface area contributed by atoms with Crippen molar-refractivity contribution < 1.29 is 9.90 Å². The third kappa shape index (κ3) is 2.93. The number of carbonyl (C=O) groups excluding carboxylic acids is 1. The van der Waals surface area contributed by atoms with Gasteiger partial charge in [-0.15, -0.1) is 0 Å². The molecule has 1 aliphatic carbocycles. The fourth-order valence-corrected chi connectivity index (χ4v) is 3.40. The van der Waals surface area contributed by atoms with Crippen LogP contribution in [0.3, 0.4) is 0 Å². The molecule has 0 radical (unpaired) electrons. The van der Waals surface area contributed by atoms with Crippen molar-refractivity contribution in [3.8, 4) is 0 Å². The van der Waals surface area contributed by atoms with Crippen molar-refractivity contribution in [2.24, 2.45) is 0 Å². The Morgan fingerprint density at radius 2 is 1.95 bits per heavy atom. The summed E-state index contributed by atoms with van der Waals surface area (Å²) in [6.45, 7) is 4.43. The predicted octanol–water partition coefficient (Wildman–Crippen LogP) is -0.204. The molecule has 2 heterocycles. The predicted molar refractivity (Wildman–Crippen MR) is 72.8 cm³/mol. The molecule has 2 atom stereocenters. The molecule has 2 N–H and O–H groups in total. The first kappa shape index (κ1) is 13.3. The van der Waals surface area contributed by atoms with Crippen LogP contribution in [0, 0.1) is 0 Å². The van der Waals surface area contributed by atoms with Crippen LogP contribution < -0.4 is 5.32 Å². The molecule has 19 heavy (non-hydrogen) atoms. The van der Waals surface area contributed by atoms with Gasteiger partial charge in [-0.1, -0.05) is 6.42 Å². The van der Waals surface area contributed by atoms with Crippen LogP contribution in [-0.2, 0) is 4.79 Å². The molecule has 0 spiro atoms. The average molecular weight is 267 g/mol. The van der Waals surface area contributed by atoms with Crippen LogP contribution in [0.25, 0.3) is 0 Å². The molecule has 5 nitrogen and oxygen atoms in total. The SMILES string of the molecule is O=C([C@H]1C[C@@H](O)CN1)N1CCCN(C2CCC2)CC1. The fourth-order valence-electron chi connectivity index (χ4n) is 3.40. The number of hydrogen-bond donors (Lipinski definition) is 2. The summed E-state index contributed by atoms with van der Waals surface area (Å²) in [6.07, 6.45) is 5.34. The van der Waals surface area contributed by atoms with Gasteiger partial charge in [-0.3, -0.25) is 9.69 Å². The molecular weight excluding hydrogens is 242 g/mol. The van der Waals surface area contributed by atoms with Crippen LogP contribution in [0.4, 0.5) is 0 Å². The molecule has 3 fully saturated rings. The van der Waals surface area contributed by atoms with Crippen LogP contribution in [0.2, 0.25) is 0 Å². The molecule has 0 bridgehead atoms. The summed E-state index contributed by atoms with van der Waals surface area (Å²) in [7, 11) is 0. The minimum Gasteiger partial charge on any atom is -0.392 e. The topological polar surface area (TPSA) is 55.8 Å². The zero-order valence-corrected chi connectivity index (χ0v) is 11.6. The third-order valence-corrected chi connectivity index (χ3v) is 4.84. The molecule has 0 aromatic carbocycles. The largest absolute Gasteiger partial charge is 0.392 e. The first-order valence-corrected chi connectivity index (χ1v) is 7.68. The van der Waals surface area contributed by atoms with Gasteiger partial charge in [0.2, 0.25) is 5.91 Å². The Hall–Kier alpha value is -0.650. The quantitative estimate of drug-likeness (QED) is 0.727. The minimum atomic E-state index is -0.354. The van der Waals surface area contributed by atoms with Crippen LogP contribution in [-0.4, -0.2) is 71.7 Å². The van der Waals surface area contributed by atoms with Crippen LogP contribution >= 0.6 is 0 Å². The smallest absolute Gasteiger partial charge is 0.239 e. The number of aliphatic hydroxyl groups is 1. The molecule has 0 aromatic heterocycles. The highest BCUT2D eigenvalue weighted by Crippen LogP contribution is 2.25. The molecule has 0 unspecified atom stereocenters. The van der Waals surface area contributed by atoms with Gasteiger partial charge in [0.25, 0.3) is 0 Å². The normalized spacial score (nSPS) is 34.1. The second-order valence-electron chi connectivity index (χ2n) is 6.15. The monoisotopic (exact) mass is 267 g/mol. The maximum atomic E-state index is 12.4. The van der Waals surface area contributed by atoms with E-state index in [0.29, 0.717) is 13.0 Å². The van der Waals surface area contributed by atoms with Gasteiger partial charge in [0.05, 0.1) is 12.1 Å². The summed E-state index contributed by atoms with van der Waals surface area (Å²) < 4.78 is 0. The molecule has 1 amide bonds. The molecule has 5 heteroatoms. The number of aliphatic hydroxyl groups excluding tert-OH is 1. The van der Waals surface area contributed by atoms with E-state index in [4.69, 9.17) is 0 Å². The zero-order valence-electron chi connectivity index (χ0n) is 11.6. The summed E-state index contributed by atoms with van der Waals surface area (Å²) in [5.41, 5.74) is 0. The van der Waals surface area contributed by atoms with Gasteiger partial charge < -0.3 is 15.3 Å². The highest BCUT2D eigenvalue weighted by atomic mass is 16.3. The Kier molecular flexibility index (Phi) is 4.05. The molecule has 3 rings (SSSR count). The first-order chi connectivity index (χ1) is 9.24. The van der Waals surface area contributed by atoms with Gasteiger partial charge in [0.15, 0.2) is 0 Å². The van der Waals surface area contributed by atoms with Crippen LogP contribution in [0.1, 0.15) is 32.1 Å². The van der Waals surface area contributed by atoms with Gasteiger partial charge >= 0.3 is 0 Å². The second kappa shape index (κ2) is 5.77. The lowest BCUT2D eigenvalue weighted by Crippen LogP contribution is -2.46. The highest BCUT2D eigenvalue weighted by Gasteiger charge is 2.33. The first-order valence-electron chi connectivity index (χ1n) is 7.68. The number of β-amino-alcohol motifs (C(OH)–C–C–N with tert-alkyl or cyclic N) is 1. The standard InChI is InChI=1S/C14H25N3O2/c18-12-9-13(15-10-12)14(19)17-6-2-5-16(7-8-17)11-3-1-4-11/h11-13,15,18H,1-10H2/t12-,13-/m1/s1. The molecule has 2 saturated heterocycles. The number of nitrogens with zero attached hydrogens (tertiary/aromatic N) is 2. The Morgan fingerprint density at radius 3 is 2.58 bits per heavy atom. The van der Waals surface area contributed by atoms with Crippen molar-refractivity contribution in [1.29, 1.82) is 0 Å². The maximum absolute atomic E-state index is 12.4. The Labute approximate surface area is 114 Å². The molecule has 108 valence electrons. The lowest BCUT2D eigenvalue weighted by Gasteiger charge is -2.36. The molecule has 3 aliphatic rings. The Morgan fingerprint density at radius 1 is 1.11 bits per heavy atom. The third-order valence-electron chi connectivity index (χ3n) is 4.84. The van der Waals surface area contributed by atoms with Crippen molar-refractivity contribution in [1.82, 2.24) is 15.1 Å². The molecular formula is C14H25N3O2. The van der Waals surface area contributed by atoms with Gasteiger partial charge in [-0.2, -0.15) is 0 Å². The number of carbonyl (C=O) groups is 1. The lowest BCUT2D eigenvalue weighted by molar-refractivity contribution is -0.133. The van der Waals surface area contributed by atoms with E-state index in [1.807, 2.05) is 4.90 Å². The molecule has 2 aliphatic heterocycles. The van der Waals surface area contributed by atoms with E-state index in [0.717, 1.165) is 38.6 Å². The summed E-state index contributed by atoms with van der Waals surface area (Å²) in [4.78, 5) is 17.0. The summed E-state index contributed by atoms with van der Waals surface area (Å²) >= 11 is 0. The summed E-state index contributed by atoms with van der Waals surface area (Å²) in [5.74, 6) is 0.187. The Bertz CT molecular complexity index is 333. The van der Waals surface area contributed by atoms with Crippen LogP contribution in [0.5, 0.6) is 0 Å². The van der Waals surface area contributed by atoms with Crippen molar-refractivity contribution >= 4 is 5.91 Å². The van der Waals surface area contributed by atoms with Crippen molar-refractivity contribution in [2.45, 2.75) is 50.3 Å². The highest BCUT2D eigenvalue weighted by molar-refractivity contribution is 5.82. The van der Waals surface area contributed by atoms with E-state index in [1.165, 1.54) is 19.3 Å². The van der Waals surface area contributed by atoms with Crippen LogP contribution in [0.15, 0.2) is 0 Å². The Balaban J connectivity index is 1.52. The van der Waals surface area contributed by atoms with Crippen molar-refractivity contribution in [3.63, 3.8) is 0 Å². The number of amides is 1.